The maximum atomic E-state index is 11.6. The quantitative estimate of drug-likeness (QED) is 0.262. The molecule has 0 aromatic heterocycles. The minimum Gasteiger partial charge on any atom is -0.373 e. The Hall–Kier alpha value is -0.200. The first-order chi connectivity index (χ1) is 7.95. The van der Waals surface area contributed by atoms with Crippen LogP contribution in [0.3, 0.4) is 0 Å². The van der Waals surface area contributed by atoms with Gasteiger partial charge in [-0.15, -0.1) is 23.2 Å². The number of halogens is 2. The van der Waals surface area contributed by atoms with Gasteiger partial charge in [-0.2, -0.15) is 0 Å². The molecule has 1 saturated heterocycles. The molecule has 2 fully saturated rings. The molecule has 1 heterocycles. The van der Waals surface area contributed by atoms with Gasteiger partial charge in [0.2, 0.25) is 10.0 Å². The van der Waals surface area contributed by atoms with E-state index in [0.717, 1.165) is 0 Å². The van der Waals surface area contributed by atoms with Gasteiger partial charge in [-0.3, -0.25) is 0 Å². The summed E-state index contributed by atoms with van der Waals surface area (Å²) in [4.78, 5) is 2.32. The first-order valence-electron chi connectivity index (χ1n) is 5.15. The second kappa shape index (κ2) is 4.82. The number of epoxide rings is 1. The zero-order chi connectivity index (χ0) is 12.6. The lowest BCUT2D eigenvalue weighted by Gasteiger charge is -2.34. The molecule has 0 aromatic rings. The summed E-state index contributed by atoms with van der Waals surface area (Å²) >= 11 is 12.2. The molecule has 0 bridgehead atoms. The molecule has 1 aliphatic heterocycles. The monoisotopic (exact) mass is 299 g/mol. The average molecular weight is 300 g/mol. The Labute approximate surface area is 109 Å². The van der Waals surface area contributed by atoms with E-state index in [1.54, 1.807) is 0 Å². The third-order valence-corrected chi connectivity index (χ3v) is 5.91. The second-order valence-corrected chi connectivity index (χ2v) is 7.18. The summed E-state index contributed by atoms with van der Waals surface area (Å²) in [6, 6.07) is 0. The molecule has 6 nitrogen and oxygen atoms in total. The first-order valence-corrected chi connectivity index (χ1v) is 7.53. The zero-order valence-electron chi connectivity index (χ0n) is 8.74. The fraction of sp³-hybridized carbons (Fsp3) is 1.00. The van der Waals surface area contributed by atoms with E-state index in [-0.39, 0.29) is 23.8 Å². The van der Waals surface area contributed by atoms with Gasteiger partial charge in [-0.1, -0.05) is 0 Å². The molecule has 2 aliphatic rings. The lowest BCUT2D eigenvalue weighted by atomic mass is 9.86. The summed E-state index contributed by atoms with van der Waals surface area (Å²) in [5.41, 5.74) is 8.22. The largest absolute Gasteiger partial charge is 0.373 e. The van der Waals surface area contributed by atoms with Crippen LogP contribution in [-0.4, -0.2) is 37.1 Å². The van der Waals surface area contributed by atoms with Crippen molar-refractivity contribution in [3.63, 3.8) is 0 Å². The van der Waals surface area contributed by atoms with Crippen LogP contribution < -0.4 is 0 Å². The van der Waals surface area contributed by atoms with Crippen molar-refractivity contribution in [2.24, 2.45) is 10.4 Å². The van der Waals surface area contributed by atoms with Crippen LogP contribution in [0.5, 0.6) is 0 Å². The van der Waals surface area contributed by atoms with Gasteiger partial charge < -0.3 is 4.74 Å². The Morgan fingerprint density at radius 2 is 1.94 bits per heavy atom. The highest BCUT2D eigenvalue weighted by molar-refractivity contribution is 7.90. The summed E-state index contributed by atoms with van der Waals surface area (Å²) < 4.78 is 31.3. The summed E-state index contributed by atoms with van der Waals surface area (Å²) in [5, 5.41) is -1.81. The topological polar surface area (TPSA) is 95.4 Å². The van der Waals surface area contributed by atoms with E-state index in [2.05, 4.69) is 9.43 Å². The number of ether oxygens (including phenoxy) is 1. The van der Waals surface area contributed by atoms with Gasteiger partial charge in [0.05, 0.1) is 23.3 Å². The van der Waals surface area contributed by atoms with Crippen LogP contribution in [-0.2, 0) is 14.8 Å². The van der Waals surface area contributed by atoms with Crippen molar-refractivity contribution in [2.75, 3.05) is 6.61 Å². The smallest absolute Gasteiger partial charge is 0.240 e. The third-order valence-electron chi connectivity index (χ3n) is 3.19. The lowest BCUT2D eigenvalue weighted by molar-refractivity contribution is 0.274. The molecule has 0 spiro atoms. The van der Waals surface area contributed by atoms with Gasteiger partial charge in [0.1, 0.15) is 0 Å². The van der Waals surface area contributed by atoms with Gasteiger partial charge in [0.15, 0.2) is 0 Å². The van der Waals surface area contributed by atoms with Crippen molar-refractivity contribution in [3.8, 4) is 0 Å². The molecule has 2 rings (SSSR count). The van der Waals surface area contributed by atoms with E-state index >= 15 is 0 Å². The van der Waals surface area contributed by atoms with Crippen LogP contribution in [0.4, 0.5) is 0 Å². The van der Waals surface area contributed by atoms with Gasteiger partial charge in [0, 0.05) is 20.7 Å². The molecule has 0 aromatic carbocycles. The van der Waals surface area contributed by atoms with Crippen LogP contribution in [0.2, 0.25) is 0 Å². The summed E-state index contributed by atoms with van der Waals surface area (Å²) in [5.74, 6) is 0.0803. The van der Waals surface area contributed by atoms with E-state index in [1.165, 1.54) is 0 Å². The summed E-state index contributed by atoms with van der Waals surface area (Å²) in [6.45, 7) is 0.658. The van der Waals surface area contributed by atoms with Crippen molar-refractivity contribution < 1.29 is 13.2 Å². The molecule has 96 valence electrons. The molecule has 0 N–H and O–H groups in total. The number of nitrogens with zero attached hydrogens (tertiary/aromatic N) is 3. The fourth-order valence-corrected chi connectivity index (χ4v) is 4.63. The van der Waals surface area contributed by atoms with Gasteiger partial charge >= 0.3 is 0 Å². The highest BCUT2D eigenvalue weighted by Crippen LogP contribution is 2.41. The third kappa shape index (κ3) is 2.80. The molecule has 1 saturated carbocycles. The lowest BCUT2D eigenvalue weighted by Crippen LogP contribution is -2.42. The van der Waals surface area contributed by atoms with Crippen LogP contribution in [0, 0.1) is 5.92 Å². The van der Waals surface area contributed by atoms with Gasteiger partial charge in [-0.25, -0.2) is 8.42 Å². The van der Waals surface area contributed by atoms with Crippen LogP contribution >= 0.6 is 23.2 Å². The highest BCUT2D eigenvalue weighted by atomic mass is 35.5. The normalized spacial score (nSPS) is 41.6. The molecule has 17 heavy (non-hydrogen) atoms. The standard InChI is InChI=1S/C8H11Cl2N3O3S/c9-5-2-8(17(14,15)13-12-11)6(10)1-4(5)7-3-16-7/h4-8H,1-3H2. The van der Waals surface area contributed by atoms with E-state index in [1.807, 2.05) is 0 Å². The zero-order valence-corrected chi connectivity index (χ0v) is 11.1. The SMILES string of the molecule is [N-]=[N+]=NS(=O)(=O)C1CC(Cl)C(C2CO2)CC1Cl. The Balaban J connectivity index is 2.14. The summed E-state index contributed by atoms with van der Waals surface area (Å²) in [6.07, 6.45) is 0.759. The van der Waals surface area contributed by atoms with Gasteiger partial charge in [0.25, 0.3) is 0 Å². The number of hydrogen-bond acceptors (Lipinski definition) is 3. The predicted octanol–water partition coefficient (Wildman–Crippen LogP) is 2.02. The van der Waals surface area contributed by atoms with Crippen molar-refractivity contribution in [3.05, 3.63) is 10.4 Å². The van der Waals surface area contributed by atoms with E-state index in [9.17, 15) is 8.42 Å². The average Bonchev–Trinajstić information content (AvgIpc) is 3.04. The molecule has 9 heteroatoms. The van der Waals surface area contributed by atoms with E-state index in [0.29, 0.717) is 13.0 Å². The van der Waals surface area contributed by atoms with E-state index in [4.69, 9.17) is 33.5 Å². The van der Waals surface area contributed by atoms with Crippen LogP contribution in [0.25, 0.3) is 10.4 Å². The van der Waals surface area contributed by atoms with E-state index < -0.39 is 20.7 Å². The second-order valence-electron chi connectivity index (χ2n) is 4.26. The Morgan fingerprint density at radius 1 is 1.29 bits per heavy atom. The number of hydrogen-bond donors (Lipinski definition) is 0. The molecule has 0 radical (unpaired) electrons. The Kier molecular flexibility index (Phi) is 3.75. The Bertz CT molecular complexity index is 447. The molecular weight excluding hydrogens is 289 g/mol. The minimum atomic E-state index is -3.89. The minimum absolute atomic E-state index is 0.0803. The number of alkyl halides is 2. The summed E-state index contributed by atoms with van der Waals surface area (Å²) in [7, 11) is -3.89. The maximum Gasteiger partial charge on any atom is 0.240 e. The number of azide groups is 1. The maximum absolute atomic E-state index is 11.6. The Morgan fingerprint density at radius 3 is 2.47 bits per heavy atom. The van der Waals surface area contributed by atoms with Crippen molar-refractivity contribution in [2.45, 2.75) is 34.9 Å². The first kappa shape index (κ1) is 13.2. The number of rotatable bonds is 3. The molecule has 1 aliphatic carbocycles. The van der Waals surface area contributed by atoms with Crippen LogP contribution in [0.15, 0.2) is 4.52 Å². The molecule has 0 amide bonds. The fourth-order valence-electron chi connectivity index (χ4n) is 2.21. The van der Waals surface area contributed by atoms with Crippen molar-refractivity contribution >= 4 is 33.2 Å². The molecular formula is C8H11Cl2N3O3S. The molecule has 5 unspecified atom stereocenters. The van der Waals surface area contributed by atoms with Crippen molar-refractivity contribution in [1.82, 2.24) is 0 Å². The highest BCUT2D eigenvalue weighted by Gasteiger charge is 2.47. The van der Waals surface area contributed by atoms with Gasteiger partial charge in [-0.05, 0) is 18.4 Å². The van der Waals surface area contributed by atoms with Crippen LogP contribution in [0.1, 0.15) is 12.8 Å². The number of sulfonamides is 1. The van der Waals surface area contributed by atoms with Crippen molar-refractivity contribution in [1.29, 1.82) is 0 Å². The molecule has 5 atom stereocenters. The predicted molar refractivity (Wildman–Crippen MR) is 63.6 cm³/mol.